The minimum absolute atomic E-state index is 0.132. The zero-order valence-corrected chi connectivity index (χ0v) is 13.3. The van der Waals surface area contributed by atoms with Gasteiger partial charge in [-0.25, -0.2) is 4.79 Å². The first-order chi connectivity index (χ1) is 9.97. The van der Waals surface area contributed by atoms with Gasteiger partial charge in [-0.1, -0.05) is 0 Å². The van der Waals surface area contributed by atoms with Crippen molar-refractivity contribution in [2.75, 3.05) is 20.3 Å². The summed E-state index contributed by atoms with van der Waals surface area (Å²) in [6, 6.07) is 3.30. The highest BCUT2D eigenvalue weighted by Gasteiger charge is 2.12. The van der Waals surface area contributed by atoms with Crippen LogP contribution in [0.1, 0.15) is 12.5 Å². The Morgan fingerprint density at radius 1 is 1.43 bits per heavy atom. The molecule has 0 unspecified atom stereocenters. The van der Waals surface area contributed by atoms with Crippen LogP contribution in [0.15, 0.2) is 22.7 Å². The van der Waals surface area contributed by atoms with Crippen LogP contribution in [0.3, 0.4) is 0 Å². The smallest absolute Gasteiger partial charge is 0.328 e. The fourth-order valence-corrected chi connectivity index (χ4v) is 2.10. The number of amides is 1. The Balaban J connectivity index is 2.94. The lowest BCUT2D eigenvalue weighted by Crippen LogP contribution is -2.28. The highest BCUT2D eigenvalue weighted by molar-refractivity contribution is 9.10. The Morgan fingerprint density at radius 2 is 2.14 bits per heavy atom. The number of hydrogen-bond donors (Lipinski definition) is 2. The average Bonchev–Trinajstić information content (AvgIpc) is 2.43. The van der Waals surface area contributed by atoms with Crippen LogP contribution in [0.5, 0.6) is 11.5 Å². The van der Waals surface area contributed by atoms with Crippen molar-refractivity contribution in [2.45, 2.75) is 6.92 Å². The Kier molecular flexibility index (Phi) is 6.74. The van der Waals surface area contributed by atoms with Crippen LogP contribution < -0.4 is 14.8 Å². The summed E-state index contributed by atoms with van der Waals surface area (Å²) in [6.45, 7) is 2.21. The van der Waals surface area contributed by atoms with Crippen LogP contribution >= 0.6 is 15.9 Å². The third kappa shape index (κ3) is 5.47. The summed E-state index contributed by atoms with van der Waals surface area (Å²) >= 11 is 3.32. The molecule has 0 aromatic heterocycles. The van der Waals surface area contributed by atoms with Gasteiger partial charge < -0.3 is 19.9 Å². The molecule has 114 valence electrons. The second kappa shape index (κ2) is 8.31. The number of carbonyl (C=O) groups excluding carboxylic acids is 1. The number of nitrogens with one attached hydrogen (secondary N) is 1. The summed E-state index contributed by atoms with van der Waals surface area (Å²) < 4.78 is 11.2. The number of benzene rings is 1. The molecule has 21 heavy (non-hydrogen) atoms. The molecule has 0 spiro atoms. The van der Waals surface area contributed by atoms with Crippen LogP contribution in [0, 0.1) is 0 Å². The van der Waals surface area contributed by atoms with Crippen molar-refractivity contribution in [3.05, 3.63) is 28.2 Å². The van der Waals surface area contributed by atoms with Gasteiger partial charge in [0.15, 0.2) is 18.1 Å². The van der Waals surface area contributed by atoms with Gasteiger partial charge in [0.1, 0.15) is 0 Å². The lowest BCUT2D eigenvalue weighted by atomic mass is 10.2. The number of carboxylic acid groups (broad SMARTS) is 1. The zero-order chi connectivity index (χ0) is 15.8. The lowest BCUT2D eigenvalue weighted by Gasteiger charge is -2.13. The van der Waals surface area contributed by atoms with Crippen LogP contribution in [-0.2, 0) is 9.59 Å². The molecule has 0 bridgehead atoms. The first-order valence-electron chi connectivity index (χ1n) is 6.16. The predicted molar refractivity (Wildman–Crippen MR) is 81.5 cm³/mol. The standard InChI is InChI=1S/C14H16BrNO5/c1-3-16-12(17)8-21-14-10(15)6-9(4-5-13(18)19)7-11(14)20-2/h4-7H,3,8H2,1-2H3,(H,16,17)(H,18,19)/b5-4+. The van der Waals surface area contributed by atoms with E-state index in [2.05, 4.69) is 21.2 Å². The lowest BCUT2D eigenvalue weighted by molar-refractivity contribution is -0.131. The maximum absolute atomic E-state index is 11.4. The molecule has 0 aliphatic rings. The van der Waals surface area contributed by atoms with E-state index in [0.717, 1.165) is 6.08 Å². The number of halogens is 1. The fraction of sp³-hybridized carbons (Fsp3) is 0.286. The highest BCUT2D eigenvalue weighted by atomic mass is 79.9. The van der Waals surface area contributed by atoms with E-state index in [4.69, 9.17) is 14.6 Å². The zero-order valence-electron chi connectivity index (χ0n) is 11.7. The molecule has 2 N–H and O–H groups in total. The molecule has 7 heteroatoms. The largest absolute Gasteiger partial charge is 0.493 e. The Labute approximate surface area is 130 Å². The fourth-order valence-electron chi connectivity index (χ4n) is 1.53. The van der Waals surface area contributed by atoms with Gasteiger partial charge in [0.05, 0.1) is 11.6 Å². The molecule has 0 atom stereocenters. The molecule has 0 heterocycles. The minimum Gasteiger partial charge on any atom is -0.493 e. The van der Waals surface area contributed by atoms with E-state index in [1.807, 2.05) is 6.92 Å². The average molecular weight is 358 g/mol. The third-order valence-corrected chi connectivity index (χ3v) is 2.98. The summed E-state index contributed by atoms with van der Waals surface area (Å²) in [4.78, 5) is 21.9. The number of aliphatic carboxylic acids is 1. The minimum atomic E-state index is -1.04. The first-order valence-corrected chi connectivity index (χ1v) is 6.95. The predicted octanol–water partition coefficient (Wildman–Crippen LogP) is 2.07. The third-order valence-electron chi connectivity index (χ3n) is 2.39. The molecular weight excluding hydrogens is 342 g/mol. The summed E-state index contributed by atoms with van der Waals surface area (Å²) in [5, 5.41) is 11.2. The van der Waals surface area contributed by atoms with E-state index in [-0.39, 0.29) is 12.5 Å². The van der Waals surface area contributed by atoms with Crippen LogP contribution in [0.4, 0.5) is 0 Å². The number of rotatable bonds is 7. The van der Waals surface area contributed by atoms with Gasteiger partial charge in [-0.05, 0) is 46.6 Å². The van der Waals surface area contributed by atoms with Gasteiger partial charge in [0, 0.05) is 12.6 Å². The van der Waals surface area contributed by atoms with Gasteiger partial charge in [-0.3, -0.25) is 4.79 Å². The van der Waals surface area contributed by atoms with Crippen molar-refractivity contribution in [1.29, 1.82) is 0 Å². The Bertz CT molecular complexity index is 557. The Hall–Kier alpha value is -2.02. The van der Waals surface area contributed by atoms with Gasteiger partial charge in [-0.15, -0.1) is 0 Å². The topological polar surface area (TPSA) is 84.9 Å². The van der Waals surface area contributed by atoms with E-state index in [1.54, 1.807) is 12.1 Å². The van der Waals surface area contributed by atoms with E-state index in [0.29, 0.717) is 28.1 Å². The number of carbonyl (C=O) groups is 2. The molecule has 1 rings (SSSR count). The number of carboxylic acids is 1. The van der Waals surface area contributed by atoms with Crippen molar-refractivity contribution in [3.63, 3.8) is 0 Å². The quantitative estimate of drug-likeness (QED) is 0.729. The molecule has 0 radical (unpaired) electrons. The molecule has 0 saturated heterocycles. The normalized spacial score (nSPS) is 10.4. The number of likely N-dealkylation sites (N-methyl/N-ethyl adjacent to an activating group) is 1. The SMILES string of the molecule is CCNC(=O)COc1c(Br)cc(/C=C/C(=O)O)cc1OC. The van der Waals surface area contributed by atoms with E-state index in [9.17, 15) is 9.59 Å². The summed E-state index contributed by atoms with van der Waals surface area (Å²) in [5.74, 6) is -0.488. The molecule has 1 aromatic rings. The molecule has 0 aliphatic carbocycles. The monoisotopic (exact) mass is 357 g/mol. The molecule has 1 aromatic carbocycles. The van der Waals surface area contributed by atoms with Crippen molar-refractivity contribution < 1.29 is 24.2 Å². The second-order valence-electron chi connectivity index (χ2n) is 3.95. The van der Waals surface area contributed by atoms with Gasteiger partial charge in [0.25, 0.3) is 5.91 Å². The molecule has 6 nitrogen and oxygen atoms in total. The van der Waals surface area contributed by atoms with Crippen molar-refractivity contribution in [1.82, 2.24) is 5.32 Å². The number of methoxy groups -OCH3 is 1. The van der Waals surface area contributed by atoms with Crippen LogP contribution in [0.25, 0.3) is 6.08 Å². The second-order valence-corrected chi connectivity index (χ2v) is 4.80. The summed E-state index contributed by atoms with van der Waals surface area (Å²) in [7, 11) is 1.46. The van der Waals surface area contributed by atoms with Gasteiger partial charge in [-0.2, -0.15) is 0 Å². The van der Waals surface area contributed by atoms with E-state index in [1.165, 1.54) is 13.2 Å². The first kappa shape index (κ1) is 17.0. The maximum Gasteiger partial charge on any atom is 0.328 e. The molecule has 0 fully saturated rings. The van der Waals surface area contributed by atoms with Crippen molar-refractivity contribution in [2.24, 2.45) is 0 Å². The molecule has 1 amide bonds. The molecule has 0 saturated carbocycles. The van der Waals surface area contributed by atoms with Crippen LogP contribution in [0.2, 0.25) is 0 Å². The van der Waals surface area contributed by atoms with E-state index >= 15 is 0 Å². The Morgan fingerprint density at radius 3 is 2.71 bits per heavy atom. The summed E-state index contributed by atoms with van der Waals surface area (Å²) in [5.41, 5.74) is 0.631. The van der Waals surface area contributed by atoms with Gasteiger partial charge >= 0.3 is 5.97 Å². The number of ether oxygens (including phenoxy) is 2. The molecule has 0 aliphatic heterocycles. The van der Waals surface area contributed by atoms with Gasteiger partial charge in [0.2, 0.25) is 0 Å². The van der Waals surface area contributed by atoms with Crippen molar-refractivity contribution in [3.8, 4) is 11.5 Å². The maximum atomic E-state index is 11.4. The van der Waals surface area contributed by atoms with Crippen LogP contribution in [-0.4, -0.2) is 37.2 Å². The van der Waals surface area contributed by atoms with Crippen molar-refractivity contribution >= 4 is 33.9 Å². The summed E-state index contributed by atoms with van der Waals surface area (Å²) in [6.07, 6.45) is 2.46. The van der Waals surface area contributed by atoms with E-state index < -0.39 is 5.97 Å². The highest BCUT2D eigenvalue weighted by Crippen LogP contribution is 2.37. The number of hydrogen-bond acceptors (Lipinski definition) is 4. The molecular formula is C14H16BrNO5.